The zero-order valence-corrected chi connectivity index (χ0v) is 10.9. The van der Waals surface area contributed by atoms with Crippen LogP contribution >= 0.6 is 11.3 Å². The Morgan fingerprint density at radius 2 is 2.11 bits per heavy atom. The maximum atomic E-state index is 5.65. The number of nitrogens with two attached hydrogens (primary N) is 1. The number of benzene rings is 1. The van der Waals surface area contributed by atoms with Crippen LogP contribution < -0.4 is 5.73 Å². The summed E-state index contributed by atoms with van der Waals surface area (Å²) in [5, 5.41) is 10.7. The lowest BCUT2D eigenvalue weighted by molar-refractivity contribution is 0.907. The summed E-state index contributed by atoms with van der Waals surface area (Å²) in [6.07, 6.45) is 0.844. The second kappa shape index (κ2) is 4.51. The summed E-state index contributed by atoms with van der Waals surface area (Å²) in [5.41, 5.74) is 9.16. The summed E-state index contributed by atoms with van der Waals surface area (Å²) < 4.78 is 2.11. The Labute approximate surface area is 109 Å². The smallest absolute Gasteiger partial charge is 0.216 e. The Hall–Kier alpha value is -1.72. The van der Waals surface area contributed by atoms with E-state index >= 15 is 0 Å². The zero-order chi connectivity index (χ0) is 12.5. The molecule has 0 atom stereocenters. The third kappa shape index (κ3) is 1.72. The maximum Gasteiger partial charge on any atom is 0.216 e. The Bertz CT molecular complexity index is 683. The molecule has 4 nitrogen and oxygen atoms in total. The summed E-state index contributed by atoms with van der Waals surface area (Å²) in [6.45, 7) is 2.72. The number of hydrogen-bond donors (Lipinski definition) is 1. The predicted octanol–water partition coefficient (Wildman–Crippen LogP) is 2.27. The molecule has 2 N–H and O–H groups in total. The van der Waals surface area contributed by atoms with Crippen LogP contribution in [0.5, 0.6) is 0 Å². The molecule has 18 heavy (non-hydrogen) atoms. The first-order valence-electron chi connectivity index (χ1n) is 5.89. The van der Waals surface area contributed by atoms with Gasteiger partial charge in [-0.2, -0.15) is 0 Å². The van der Waals surface area contributed by atoms with Crippen LogP contribution in [0.1, 0.15) is 11.3 Å². The lowest BCUT2D eigenvalue weighted by Crippen LogP contribution is -2.05. The van der Waals surface area contributed by atoms with Gasteiger partial charge in [0.05, 0.1) is 0 Å². The number of aromatic nitrogens is 3. The van der Waals surface area contributed by atoms with E-state index in [0.29, 0.717) is 6.54 Å². The lowest BCUT2D eigenvalue weighted by atomic mass is 10.1. The second-order valence-corrected chi connectivity index (χ2v) is 5.06. The summed E-state index contributed by atoms with van der Waals surface area (Å²) in [7, 11) is 0. The van der Waals surface area contributed by atoms with Gasteiger partial charge in [0, 0.05) is 23.1 Å². The molecule has 0 bridgehead atoms. The van der Waals surface area contributed by atoms with Crippen LogP contribution in [0.2, 0.25) is 0 Å². The topological polar surface area (TPSA) is 56.2 Å². The van der Waals surface area contributed by atoms with E-state index in [4.69, 9.17) is 5.73 Å². The molecule has 3 aromatic rings. The molecular formula is C13H14N4S. The standard InChI is InChI=1S/C13H14N4S/c1-9-4-2-3-5-11(9)12-15-16-13-17(12)10(6-7-14)8-18-13/h2-5,8H,6-7,14H2,1H3. The Kier molecular flexibility index (Phi) is 2.85. The summed E-state index contributed by atoms with van der Waals surface area (Å²) in [5.74, 6) is 0.910. The van der Waals surface area contributed by atoms with E-state index in [1.54, 1.807) is 11.3 Å². The van der Waals surface area contributed by atoms with Crippen molar-refractivity contribution in [2.45, 2.75) is 13.3 Å². The van der Waals surface area contributed by atoms with Crippen LogP contribution in [-0.4, -0.2) is 21.1 Å². The van der Waals surface area contributed by atoms with E-state index in [0.717, 1.165) is 22.8 Å². The van der Waals surface area contributed by atoms with Gasteiger partial charge in [0.1, 0.15) is 0 Å². The first kappa shape index (κ1) is 11.4. The normalized spacial score (nSPS) is 11.2. The van der Waals surface area contributed by atoms with Crippen molar-refractivity contribution in [3.63, 3.8) is 0 Å². The highest BCUT2D eigenvalue weighted by Gasteiger charge is 2.14. The summed E-state index contributed by atoms with van der Waals surface area (Å²) in [6, 6.07) is 8.23. The Morgan fingerprint density at radius 1 is 1.28 bits per heavy atom. The van der Waals surface area contributed by atoms with Gasteiger partial charge in [0.15, 0.2) is 5.82 Å². The number of rotatable bonds is 3. The van der Waals surface area contributed by atoms with Crippen LogP contribution in [-0.2, 0) is 6.42 Å². The highest BCUT2D eigenvalue weighted by atomic mass is 32.1. The predicted molar refractivity (Wildman–Crippen MR) is 73.8 cm³/mol. The molecule has 0 radical (unpaired) electrons. The minimum atomic E-state index is 0.636. The number of hydrogen-bond acceptors (Lipinski definition) is 4. The maximum absolute atomic E-state index is 5.65. The second-order valence-electron chi connectivity index (χ2n) is 4.22. The number of aryl methyl sites for hydroxylation is 1. The molecule has 0 fully saturated rings. The Balaban J connectivity index is 2.23. The van der Waals surface area contributed by atoms with Crippen LogP contribution in [0.4, 0.5) is 0 Å². The molecule has 2 heterocycles. The molecule has 0 saturated carbocycles. The van der Waals surface area contributed by atoms with E-state index in [9.17, 15) is 0 Å². The monoisotopic (exact) mass is 258 g/mol. The minimum Gasteiger partial charge on any atom is -0.330 e. The van der Waals surface area contributed by atoms with E-state index < -0.39 is 0 Å². The molecule has 0 spiro atoms. The van der Waals surface area contributed by atoms with Crippen molar-refractivity contribution >= 4 is 16.3 Å². The van der Waals surface area contributed by atoms with Crippen molar-refractivity contribution in [1.82, 2.24) is 14.6 Å². The van der Waals surface area contributed by atoms with E-state index in [1.807, 2.05) is 12.1 Å². The fourth-order valence-corrected chi connectivity index (χ4v) is 2.96. The quantitative estimate of drug-likeness (QED) is 0.784. The number of thiazole rings is 1. The molecule has 5 heteroatoms. The van der Waals surface area contributed by atoms with Gasteiger partial charge < -0.3 is 5.73 Å². The highest BCUT2D eigenvalue weighted by Crippen LogP contribution is 2.26. The minimum absolute atomic E-state index is 0.636. The van der Waals surface area contributed by atoms with Gasteiger partial charge in [-0.3, -0.25) is 4.40 Å². The van der Waals surface area contributed by atoms with Gasteiger partial charge in [-0.25, -0.2) is 0 Å². The average Bonchev–Trinajstić information content (AvgIpc) is 2.94. The third-order valence-corrected chi connectivity index (χ3v) is 3.87. The van der Waals surface area contributed by atoms with Gasteiger partial charge >= 0.3 is 0 Å². The highest BCUT2D eigenvalue weighted by molar-refractivity contribution is 7.15. The van der Waals surface area contributed by atoms with Crippen molar-refractivity contribution in [3.05, 3.63) is 40.9 Å². The van der Waals surface area contributed by atoms with E-state index in [1.165, 1.54) is 11.3 Å². The first-order valence-corrected chi connectivity index (χ1v) is 6.77. The molecule has 0 amide bonds. The number of nitrogens with zero attached hydrogens (tertiary/aromatic N) is 3. The van der Waals surface area contributed by atoms with Crippen molar-refractivity contribution in [2.75, 3.05) is 6.54 Å². The van der Waals surface area contributed by atoms with Gasteiger partial charge in [0.2, 0.25) is 4.96 Å². The van der Waals surface area contributed by atoms with Crippen molar-refractivity contribution in [3.8, 4) is 11.4 Å². The molecule has 0 unspecified atom stereocenters. The molecule has 2 aromatic heterocycles. The zero-order valence-electron chi connectivity index (χ0n) is 10.1. The molecule has 92 valence electrons. The van der Waals surface area contributed by atoms with Crippen LogP contribution in [0.15, 0.2) is 29.6 Å². The fourth-order valence-electron chi connectivity index (χ4n) is 2.10. The fraction of sp³-hybridized carbons (Fsp3) is 0.231. The molecule has 1 aromatic carbocycles. The Morgan fingerprint density at radius 3 is 2.89 bits per heavy atom. The molecule has 0 aliphatic carbocycles. The van der Waals surface area contributed by atoms with Crippen LogP contribution in [0, 0.1) is 6.92 Å². The lowest BCUT2D eigenvalue weighted by Gasteiger charge is -2.04. The number of fused-ring (bicyclic) bond motifs is 1. The summed E-state index contributed by atoms with van der Waals surface area (Å²) >= 11 is 1.61. The summed E-state index contributed by atoms with van der Waals surface area (Å²) in [4.78, 5) is 0.928. The van der Waals surface area contributed by atoms with Crippen molar-refractivity contribution < 1.29 is 0 Å². The molecule has 0 aliphatic rings. The van der Waals surface area contributed by atoms with Gasteiger partial charge in [0.25, 0.3) is 0 Å². The van der Waals surface area contributed by atoms with Crippen molar-refractivity contribution in [2.24, 2.45) is 5.73 Å². The molecule has 0 saturated heterocycles. The first-order chi connectivity index (χ1) is 8.81. The van der Waals surface area contributed by atoms with Gasteiger partial charge in [-0.05, 0) is 19.0 Å². The average molecular weight is 258 g/mol. The van der Waals surface area contributed by atoms with Crippen molar-refractivity contribution in [1.29, 1.82) is 0 Å². The van der Waals surface area contributed by atoms with E-state index in [-0.39, 0.29) is 0 Å². The van der Waals surface area contributed by atoms with Gasteiger partial charge in [-0.15, -0.1) is 21.5 Å². The third-order valence-electron chi connectivity index (χ3n) is 3.01. The molecule has 3 rings (SSSR count). The largest absolute Gasteiger partial charge is 0.330 e. The van der Waals surface area contributed by atoms with E-state index in [2.05, 4.69) is 39.0 Å². The molecular weight excluding hydrogens is 244 g/mol. The SMILES string of the molecule is Cc1ccccc1-c1nnc2scc(CCN)n12. The van der Waals surface area contributed by atoms with Crippen LogP contribution in [0.3, 0.4) is 0 Å². The van der Waals surface area contributed by atoms with Gasteiger partial charge in [-0.1, -0.05) is 24.3 Å². The van der Waals surface area contributed by atoms with Crippen LogP contribution in [0.25, 0.3) is 16.3 Å². The molecule has 0 aliphatic heterocycles.